The lowest BCUT2D eigenvalue weighted by Crippen LogP contribution is -2.32. The molecule has 0 fully saturated rings. The summed E-state index contributed by atoms with van der Waals surface area (Å²) in [6.45, 7) is 1.64. The quantitative estimate of drug-likeness (QED) is 0.370. The Morgan fingerprint density at radius 2 is 2.00 bits per heavy atom. The van der Waals surface area contributed by atoms with E-state index >= 15 is 0 Å². The summed E-state index contributed by atoms with van der Waals surface area (Å²) >= 11 is 0. The van der Waals surface area contributed by atoms with Crippen molar-refractivity contribution in [3.8, 4) is 0 Å². The number of para-hydroxylation sites is 1. The number of nitro benzene ring substituents is 1. The van der Waals surface area contributed by atoms with Crippen LogP contribution in [0.15, 0.2) is 59.8 Å². The summed E-state index contributed by atoms with van der Waals surface area (Å²) in [6.07, 6.45) is 0.849. The van der Waals surface area contributed by atoms with Crippen LogP contribution in [0.3, 0.4) is 0 Å². The first-order chi connectivity index (χ1) is 15.9. The number of hydrogen-bond acceptors (Lipinski definition) is 7. The summed E-state index contributed by atoms with van der Waals surface area (Å²) in [5.74, 6) is -0.193. The van der Waals surface area contributed by atoms with Gasteiger partial charge in [-0.25, -0.2) is 9.07 Å². The number of amides is 1. The van der Waals surface area contributed by atoms with E-state index in [4.69, 9.17) is 5.11 Å². The number of aryl methyl sites for hydroxylation is 1. The van der Waals surface area contributed by atoms with Crippen LogP contribution in [0.2, 0.25) is 0 Å². The molecule has 1 atom stereocenters. The molecule has 1 unspecified atom stereocenters. The number of allylic oxidation sites excluding steroid dienone is 1. The lowest BCUT2D eigenvalue weighted by molar-refractivity contribution is -0.385. The Hall–Kier alpha value is -4.12. The first kappa shape index (κ1) is 22.1. The Morgan fingerprint density at radius 3 is 2.70 bits per heavy atom. The maximum atomic E-state index is 13.3. The Kier molecular flexibility index (Phi) is 6.13. The molecule has 2 heterocycles. The Bertz CT molecular complexity index is 1240. The highest BCUT2D eigenvalue weighted by Gasteiger charge is 2.37. The van der Waals surface area contributed by atoms with Crippen LogP contribution in [-0.4, -0.2) is 37.3 Å². The topological polar surface area (TPSA) is 135 Å². The Labute approximate surface area is 187 Å². The number of halogens is 1. The smallest absolute Gasteiger partial charge is 0.275 e. The summed E-state index contributed by atoms with van der Waals surface area (Å²) in [5, 5.41) is 31.1. The van der Waals surface area contributed by atoms with E-state index in [2.05, 4.69) is 20.7 Å². The van der Waals surface area contributed by atoms with Crippen molar-refractivity contribution in [1.29, 1.82) is 0 Å². The van der Waals surface area contributed by atoms with Crippen LogP contribution in [0.25, 0.3) is 0 Å². The molecular formula is C22H21FN6O4. The molecule has 4 rings (SSSR count). The van der Waals surface area contributed by atoms with E-state index in [-0.39, 0.29) is 23.4 Å². The van der Waals surface area contributed by atoms with Gasteiger partial charge in [0.05, 0.1) is 16.1 Å². The van der Waals surface area contributed by atoms with Crippen LogP contribution in [0.5, 0.6) is 0 Å². The van der Waals surface area contributed by atoms with Crippen molar-refractivity contribution in [2.24, 2.45) is 0 Å². The van der Waals surface area contributed by atoms with Gasteiger partial charge in [-0.2, -0.15) is 10.1 Å². The van der Waals surface area contributed by atoms with Crippen LogP contribution in [0, 0.1) is 15.9 Å². The number of fused-ring (bicyclic) bond motifs is 1. The molecule has 33 heavy (non-hydrogen) atoms. The maximum absolute atomic E-state index is 13.3. The first-order valence-electron chi connectivity index (χ1n) is 10.2. The van der Waals surface area contributed by atoms with Gasteiger partial charge in [-0.3, -0.25) is 14.9 Å². The number of nitro groups is 1. The monoisotopic (exact) mass is 452 g/mol. The van der Waals surface area contributed by atoms with E-state index in [1.165, 1.54) is 35.0 Å². The van der Waals surface area contributed by atoms with Crippen LogP contribution in [0.4, 0.5) is 21.7 Å². The normalized spacial score (nSPS) is 15.1. The van der Waals surface area contributed by atoms with Crippen molar-refractivity contribution >= 4 is 23.2 Å². The molecule has 1 aromatic heterocycles. The molecule has 1 aliphatic rings. The second kappa shape index (κ2) is 9.17. The number of carbonyl (C=O) groups excluding carboxylic acids is 1. The molecule has 1 aliphatic heterocycles. The summed E-state index contributed by atoms with van der Waals surface area (Å²) in [4.78, 5) is 29.0. The third kappa shape index (κ3) is 4.44. The Balaban J connectivity index is 1.81. The minimum Gasteiger partial charge on any atom is -0.396 e. The fourth-order valence-electron chi connectivity index (χ4n) is 3.74. The number of benzene rings is 2. The zero-order valence-corrected chi connectivity index (χ0v) is 17.7. The lowest BCUT2D eigenvalue weighted by Gasteiger charge is -2.28. The van der Waals surface area contributed by atoms with E-state index in [1.807, 2.05) is 0 Å². The van der Waals surface area contributed by atoms with Crippen molar-refractivity contribution in [3.05, 3.63) is 87.1 Å². The van der Waals surface area contributed by atoms with E-state index in [1.54, 1.807) is 25.1 Å². The van der Waals surface area contributed by atoms with Gasteiger partial charge in [0, 0.05) is 30.5 Å². The molecule has 11 heteroatoms. The van der Waals surface area contributed by atoms with Crippen molar-refractivity contribution in [2.45, 2.75) is 25.8 Å². The van der Waals surface area contributed by atoms with Crippen molar-refractivity contribution in [3.63, 3.8) is 0 Å². The Morgan fingerprint density at radius 1 is 1.27 bits per heavy atom. The average Bonchev–Trinajstić information content (AvgIpc) is 3.20. The van der Waals surface area contributed by atoms with E-state index in [0.717, 1.165) is 0 Å². The molecule has 10 nitrogen and oxygen atoms in total. The maximum Gasteiger partial charge on any atom is 0.275 e. The summed E-state index contributed by atoms with van der Waals surface area (Å²) in [6, 6.07) is 10.5. The third-order valence-electron chi connectivity index (χ3n) is 5.23. The molecule has 2 aromatic carbocycles. The number of hydrogen-bond donors (Lipinski definition) is 3. The highest BCUT2D eigenvalue weighted by Crippen LogP contribution is 2.39. The third-order valence-corrected chi connectivity index (χ3v) is 5.23. The fourth-order valence-corrected chi connectivity index (χ4v) is 3.74. The molecule has 170 valence electrons. The predicted octanol–water partition coefficient (Wildman–Crippen LogP) is 3.18. The fraction of sp³-hybridized carbons (Fsp3) is 0.227. The van der Waals surface area contributed by atoms with E-state index in [0.29, 0.717) is 36.0 Å². The molecule has 0 saturated carbocycles. The lowest BCUT2D eigenvalue weighted by atomic mass is 9.93. The van der Waals surface area contributed by atoms with Crippen LogP contribution in [0.1, 0.15) is 30.8 Å². The van der Waals surface area contributed by atoms with Gasteiger partial charge in [-0.05, 0) is 43.7 Å². The van der Waals surface area contributed by atoms with Gasteiger partial charge in [0.1, 0.15) is 11.9 Å². The van der Waals surface area contributed by atoms with Crippen molar-refractivity contribution in [2.75, 3.05) is 17.2 Å². The minimum absolute atomic E-state index is 0.0342. The number of anilines is 2. The number of nitrogens with zero attached hydrogens (tertiary/aromatic N) is 4. The van der Waals surface area contributed by atoms with Gasteiger partial charge < -0.3 is 15.7 Å². The van der Waals surface area contributed by atoms with Gasteiger partial charge in [0.25, 0.3) is 11.6 Å². The summed E-state index contributed by atoms with van der Waals surface area (Å²) in [5.41, 5.74) is 1.14. The van der Waals surface area contributed by atoms with Gasteiger partial charge in [-0.1, -0.05) is 12.1 Å². The second-order valence-corrected chi connectivity index (χ2v) is 7.47. The molecule has 3 N–H and O–H groups in total. The van der Waals surface area contributed by atoms with Gasteiger partial charge in [0.2, 0.25) is 5.95 Å². The highest BCUT2D eigenvalue weighted by molar-refractivity contribution is 6.06. The number of rotatable bonds is 7. The van der Waals surface area contributed by atoms with Crippen molar-refractivity contribution in [1.82, 2.24) is 14.8 Å². The van der Waals surface area contributed by atoms with E-state index in [9.17, 15) is 19.3 Å². The number of aromatic nitrogens is 3. The average molecular weight is 452 g/mol. The summed E-state index contributed by atoms with van der Waals surface area (Å²) in [7, 11) is 0. The van der Waals surface area contributed by atoms with Crippen LogP contribution < -0.4 is 10.6 Å². The molecule has 0 bridgehead atoms. The molecule has 3 aromatic rings. The van der Waals surface area contributed by atoms with E-state index < -0.39 is 22.7 Å². The molecule has 0 saturated heterocycles. The van der Waals surface area contributed by atoms with Gasteiger partial charge in [-0.15, -0.1) is 0 Å². The minimum atomic E-state index is -0.932. The zero-order chi connectivity index (χ0) is 23.5. The largest absolute Gasteiger partial charge is 0.396 e. The SMILES string of the molecule is CC1=C(C(=O)Nc2ccc(F)cc2)C(c2ccccc2[N+](=O)[O-])n2nc(CCCO)nc2N1. The second-order valence-electron chi connectivity index (χ2n) is 7.47. The molecular weight excluding hydrogens is 431 g/mol. The van der Waals surface area contributed by atoms with Gasteiger partial charge >= 0.3 is 0 Å². The summed E-state index contributed by atoms with van der Waals surface area (Å²) < 4.78 is 14.7. The number of nitrogens with one attached hydrogen (secondary N) is 2. The number of aliphatic hydroxyl groups excluding tert-OH is 1. The van der Waals surface area contributed by atoms with Crippen LogP contribution in [-0.2, 0) is 11.2 Å². The predicted molar refractivity (Wildman–Crippen MR) is 118 cm³/mol. The molecule has 0 radical (unpaired) electrons. The van der Waals surface area contributed by atoms with Gasteiger partial charge in [0.15, 0.2) is 5.82 Å². The zero-order valence-electron chi connectivity index (χ0n) is 17.7. The highest BCUT2D eigenvalue weighted by atomic mass is 19.1. The molecule has 1 amide bonds. The standard InChI is InChI=1S/C22H21FN6O4/c1-13-19(21(31)25-15-10-8-14(23)9-11-15)20(16-5-2-3-6-17(16)29(32)33)28-22(24-13)26-18(27-28)7-4-12-30/h2-3,5-6,8-11,20,30H,4,7,12H2,1H3,(H,25,31)(H,24,26,27). The molecule has 0 spiro atoms. The molecule has 0 aliphatic carbocycles. The number of aliphatic hydroxyl groups is 1. The van der Waals surface area contributed by atoms with Crippen molar-refractivity contribution < 1.29 is 19.2 Å². The first-order valence-corrected chi connectivity index (χ1v) is 10.2. The van der Waals surface area contributed by atoms with Crippen LogP contribution >= 0.6 is 0 Å². The number of carbonyl (C=O) groups is 1.